The zero-order valence-corrected chi connectivity index (χ0v) is 14.8. The first kappa shape index (κ1) is 16.3. The summed E-state index contributed by atoms with van der Waals surface area (Å²) in [6.45, 7) is 0.584. The van der Waals surface area contributed by atoms with Crippen molar-refractivity contribution in [2.75, 3.05) is 7.11 Å². The Labute approximate surface area is 149 Å². The Morgan fingerprint density at radius 1 is 1.08 bits per heavy atom. The largest absolute Gasteiger partial charge is 0.496 e. The molecule has 0 fully saturated rings. The predicted molar refractivity (Wildman–Crippen MR) is 99.3 cm³/mol. The highest BCUT2D eigenvalue weighted by atomic mass is 79.9. The molecule has 5 heteroatoms. The number of benzene rings is 2. The molecule has 1 heterocycles. The third-order valence-corrected chi connectivity index (χ3v) is 4.03. The van der Waals surface area contributed by atoms with Crippen LogP contribution in [-0.2, 0) is 6.54 Å². The summed E-state index contributed by atoms with van der Waals surface area (Å²) in [6.07, 6.45) is 1.66. The van der Waals surface area contributed by atoms with Gasteiger partial charge in [-0.15, -0.1) is 0 Å². The van der Waals surface area contributed by atoms with Crippen LogP contribution in [0.25, 0.3) is 11.3 Å². The molecule has 2 aromatic carbocycles. The Hall–Kier alpha value is -2.53. The van der Waals surface area contributed by atoms with Crippen LogP contribution in [0.2, 0.25) is 0 Å². The van der Waals surface area contributed by atoms with Gasteiger partial charge in [-0.3, -0.25) is 0 Å². The quantitative estimate of drug-likeness (QED) is 0.488. The number of nitrogens with zero attached hydrogens (tertiary/aromatic N) is 1. The Bertz CT molecular complexity index is 825. The molecule has 0 radical (unpaired) electrons. The van der Waals surface area contributed by atoms with E-state index in [1.54, 1.807) is 13.3 Å². The summed E-state index contributed by atoms with van der Waals surface area (Å²) < 4.78 is 12.1. The number of para-hydroxylation sites is 1. The van der Waals surface area contributed by atoms with Gasteiger partial charge in [0.15, 0.2) is 0 Å². The molecular weight excluding hydrogens is 368 g/mol. The van der Waals surface area contributed by atoms with Crippen LogP contribution >= 0.6 is 15.9 Å². The molecule has 0 aliphatic rings. The molecule has 0 spiro atoms. The summed E-state index contributed by atoms with van der Waals surface area (Å²) in [5.74, 6) is 2.35. The number of halogens is 1. The summed E-state index contributed by atoms with van der Waals surface area (Å²) in [5, 5.41) is 4.20. The van der Waals surface area contributed by atoms with Crippen molar-refractivity contribution in [3.05, 3.63) is 76.5 Å². The van der Waals surface area contributed by atoms with Crippen molar-refractivity contribution in [2.45, 2.75) is 6.54 Å². The third kappa shape index (κ3) is 4.06. The molecule has 0 atom stereocenters. The van der Waals surface area contributed by atoms with E-state index in [1.165, 1.54) is 0 Å². The second-order valence-electron chi connectivity index (χ2n) is 5.11. The summed E-state index contributed by atoms with van der Waals surface area (Å²) >= 11 is 3.43. The van der Waals surface area contributed by atoms with Crippen LogP contribution in [-0.4, -0.2) is 13.3 Å². The highest BCUT2D eigenvalue weighted by Crippen LogP contribution is 2.23. The monoisotopic (exact) mass is 384 g/mol. The van der Waals surface area contributed by atoms with Gasteiger partial charge >= 0.3 is 0 Å². The number of rotatable bonds is 6. The van der Waals surface area contributed by atoms with E-state index in [2.05, 4.69) is 26.5 Å². The number of ether oxygens (including phenoxy) is 1. The third-order valence-electron chi connectivity index (χ3n) is 3.50. The number of nitrogens with one attached hydrogen (secondary N) is 1. The fraction of sp³-hybridized carbons (Fsp3) is 0.105. The van der Waals surface area contributed by atoms with E-state index in [4.69, 9.17) is 9.15 Å². The van der Waals surface area contributed by atoms with Gasteiger partial charge in [-0.1, -0.05) is 46.3 Å². The fourth-order valence-corrected chi connectivity index (χ4v) is 2.54. The lowest BCUT2D eigenvalue weighted by Gasteiger charge is -2.06. The lowest BCUT2D eigenvalue weighted by molar-refractivity contribution is 0.408. The van der Waals surface area contributed by atoms with Crippen LogP contribution in [0.5, 0.6) is 5.75 Å². The van der Waals surface area contributed by atoms with E-state index in [9.17, 15) is 0 Å². The van der Waals surface area contributed by atoms with Gasteiger partial charge in [0.25, 0.3) is 0 Å². The second kappa shape index (κ2) is 7.84. The average molecular weight is 385 g/mol. The van der Waals surface area contributed by atoms with Crippen molar-refractivity contribution in [3.8, 4) is 17.1 Å². The van der Waals surface area contributed by atoms with Gasteiger partial charge in [-0.2, -0.15) is 5.10 Å². The smallest absolute Gasteiger partial charge is 0.147 e. The zero-order valence-electron chi connectivity index (χ0n) is 13.2. The molecule has 0 aliphatic carbocycles. The standard InChI is InChI=1S/C19H17BrN2O2/c1-23-18-5-3-2-4-15(18)12-21-22-13-17-10-11-19(24-17)14-6-8-16(20)9-7-14/h2-11,13,21H,12H2,1H3/b22-13+. The van der Waals surface area contributed by atoms with Crippen molar-refractivity contribution in [1.29, 1.82) is 0 Å². The zero-order chi connectivity index (χ0) is 16.8. The van der Waals surface area contributed by atoms with E-state index < -0.39 is 0 Å². The number of hydrogen-bond acceptors (Lipinski definition) is 4. The Kier molecular flexibility index (Phi) is 5.33. The molecule has 1 N–H and O–H groups in total. The summed E-state index contributed by atoms with van der Waals surface area (Å²) in [6, 6.07) is 19.7. The van der Waals surface area contributed by atoms with Gasteiger partial charge in [0.1, 0.15) is 17.3 Å². The van der Waals surface area contributed by atoms with E-state index in [-0.39, 0.29) is 0 Å². The molecule has 0 unspecified atom stereocenters. The van der Waals surface area contributed by atoms with E-state index in [0.29, 0.717) is 12.3 Å². The lowest BCUT2D eigenvalue weighted by atomic mass is 10.2. The Morgan fingerprint density at radius 2 is 1.88 bits per heavy atom. The normalized spacial score (nSPS) is 10.9. The highest BCUT2D eigenvalue weighted by Gasteiger charge is 2.03. The van der Waals surface area contributed by atoms with Crippen molar-refractivity contribution in [2.24, 2.45) is 5.10 Å². The maximum absolute atomic E-state index is 5.78. The molecule has 0 saturated heterocycles. The molecule has 1 aromatic heterocycles. The minimum Gasteiger partial charge on any atom is -0.496 e. The predicted octanol–water partition coefficient (Wildman–Crippen LogP) is 4.84. The van der Waals surface area contributed by atoms with E-state index >= 15 is 0 Å². The molecule has 0 bridgehead atoms. The molecule has 0 aliphatic heterocycles. The fourth-order valence-electron chi connectivity index (χ4n) is 2.28. The van der Waals surface area contributed by atoms with Gasteiger partial charge < -0.3 is 14.6 Å². The van der Waals surface area contributed by atoms with Gasteiger partial charge in [0.05, 0.1) is 19.9 Å². The number of furan rings is 1. The van der Waals surface area contributed by atoms with Crippen molar-refractivity contribution >= 4 is 22.1 Å². The molecule has 4 nitrogen and oxygen atoms in total. The molecule has 3 rings (SSSR count). The van der Waals surface area contributed by atoms with Crippen LogP contribution in [0.1, 0.15) is 11.3 Å². The van der Waals surface area contributed by atoms with Crippen LogP contribution < -0.4 is 10.2 Å². The van der Waals surface area contributed by atoms with Crippen molar-refractivity contribution < 1.29 is 9.15 Å². The molecule has 0 saturated carbocycles. The average Bonchev–Trinajstić information content (AvgIpc) is 3.08. The van der Waals surface area contributed by atoms with Gasteiger partial charge in [0, 0.05) is 15.6 Å². The molecule has 0 amide bonds. The SMILES string of the molecule is COc1ccccc1CN/N=C/c1ccc(-c2ccc(Br)cc2)o1. The number of hydrazone groups is 1. The second-order valence-corrected chi connectivity index (χ2v) is 6.03. The number of hydrogen-bond donors (Lipinski definition) is 1. The lowest BCUT2D eigenvalue weighted by Crippen LogP contribution is -2.06. The minimum atomic E-state index is 0.584. The van der Waals surface area contributed by atoms with Crippen LogP contribution in [0.4, 0.5) is 0 Å². The van der Waals surface area contributed by atoms with E-state index in [0.717, 1.165) is 27.1 Å². The summed E-state index contributed by atoms with van der Waals surface area (Å²) in [5.41, 5.74) is 5.08. The van der Waals surface area contributed by atoms with Crippen molar-refractivity contribution in [3.63, 3.8) is 0 Å². The van der Waals surface area contributed by atoms with Gasteiger partial charge in [-0.05, 0) is 30.3 Å². The highest BCUT2D eigenvalue weighted by molar-refractivity contribution is 9.10. The topological polar surface area (TPSA) is 46.8 Å². The van der Waals surface area contributed by atoms with Crippen molar-refractivity contribution in [1.82, 2.24) is 5.43 Å². The van der Waals surface area contributed by atoms with Gasteiger partial charge in [0.2, 0.25) is 0 Å². The maximum atomic E-state index is 5.78. The molecule has 3 aromatic rings. The maximum Gasteiger partial charge on any atom is 0.147 e. The number of methoxy groups -OCH3 is 1. The Morgan fingerprint density at radius 3 is 2.67 bits per heavy atom. The van der Waals surface area contributed by atoms with E-state index in [1.807, 2.05) is 60.7 Å². The molecule has 122 valence electrons. The molecular formula is C19H17BrN2O2. The molecule has 24 heavy (non-hydrogen) atoms. The van der Waals surface area contributed by atoms with Crippen LogP contribution in [0.3, 0.4) is 0 Å². The summed E-state index contributed by atoms with van der Waals surface area (Å²) in [4.78, 5) is 0. The summed E-state index contributed by atoms with van der Waals surface area (Å²) in [7, 11) is 1.66. The van der Waals surface area contributed by atoms with Crippen LogP contribution in [0, 0.1) is 0 Å². The Balaban J connectivity index is 1.60. The van der Waals surface area contributed by atoms with Gasteiger partial charge in [-0.25, -0.2) is 0 Å². The first-order valence-corrected chi connectivity index (χ1v) is 8.29. The minimum absolute atomic E-state index is 0.584. The van der Waals surface area contributed by atoms with Crippen LogP contribution in [0.15, 0.2) is 74.7 Å². The first-order valence-electron chi connectivity index (χ1n) is 7.50. The first-order chi connectivity index (χ1) is 11.8.